The van der Waals surface area contributed by atoms with Crippen LogP contribution in [0.1, 0.15) is 11.1 Å². The maximum Gasteiger partial charge on any atom is 0.0880 e. The number of hydrogen-bond acceptors (Lipinski definition) is 2. The minimum atomic E-state index is 0.191. The highest BCUT2D eigenvalue weighted by atomic mass is 15.1. The molecule has 82 valence electrons. The second-order valence-corrected chi connectivity index (χ2v) is 3.50. The summed E-state index contributed by atoms with van der Waals surface area (Å²) in [5.41, 5.74) is 11.1. The van der Waals surface area contributed by atoms with Crippen molar-refractivity contribution in [2.75, 3.05) is 6.54 Å². The number of rotatable bonds is 1. The number of nitrogens with zero attached hydrogens (tertiary/aromatic N) is 4. The number of azide groups is 1. The van der Waals surface area contributed by atoms with E-state index in [-0.39, 0.29) is 6.54 Å². The largest absolute Gasteiger partial charge is 0.256 e. The highest BCUT2D eigenvalue weighted by molar-refractivity contribution is 5.83. The first-order valence-corrected chi connectivity index (χ1v) is 5.17. The first kappa shape index (κ1) is 11.0. The Morgan fingerprint density at radius 3 is 3.12 bits per heavy atom. The summed E-state index contributed by atoms with van der Waals surface area (Å²) in [6.07, 6.45) is 1.77. The molecule has 1 aromatic heterocycles. The van der Waals surface area contributed by atoms with Gasteiger partial charge >= 0.3 is 0 Å². The standard InChI is InChI=1S/C13H10N4/c1-10-11(4-3-9-16-17-14)6-7-12-5-2-8-15-13(10)12/h2,5-8H,9H2,1H3. The van der Waals surface area contributed by atoms with Crippen molar-refractivity contribution in [3.8, 4) is 11.8 Å². The van der Waals surface area contributed by atoms with E-state index in [0.717, 1.165) is 22.0 Å². The molecule has 0 unspecified atom stereocenters. The van der Waals surface area contributed by atoms with Crippen molar-refractivity contribution in [2.24, 2.45) is 5.11 Å². The maximum absolute atomic E-state index is 8.14. The molecule has 0 aliphatic carbocycles. The zero-order chi connectivity index (χ0) is 12.1. The van der Waals surface area contributed by atoms with E-state index >= 15 is 0 Å². The summed E-state index contributed by atoms with van der Waals surface area (Å²) in [5, 5.41) is 4.47. The number of benzene rings is 1. The first-order chi connectivity index (χ1) is 8.33. The summed E-state index contributed by atoms with van der Waals surface area (Å²) >= 11 is 0. The second-order valence-electron chi connectivity index (χ2n) is 3.50. The van der Waals surface area contributed by atoms with Crippen LogP contribution in [0.4, 0.5) is 0 Å². The fourth-order valence-corrected chi connectivity index (χ4v) is 1.63. The molecule has 0 amide bonds. The quantitative estimate of drug-likeness (QED) is 0.316. The first-order valence-electron chi connectivity index (χ1n) is 5.17. The van der Waals surface area contributed by atoms with Gasteiger partial charge in [-0.3, -0.25) is 4.98 Å². The van der Waals surface area contributed by atoms with Crippen LogP contribution >= 0.6 is 0 Å². The lowest BCUT2D eigenvalue weighted by molar-refractivity contribution is 1.25. The van der Waals surface area contributed by atoms with Crippen LogP contribution in [0.5, 0.6) is 0 Å². The van der Waals surface area contributed by atoms with Crippen LogP contribution in [0.15, 0.2) is 35.6 Å². The molecule has 0 aliphatic heterocycles. The average Bonchev–Trinajstić information content (AvgIpc) is 2.37. The van der Waals surface area contributed by atoms with Crippen molar-refractivity contribution < 1.29 is 0 Å². The van der Waals surface area contributed by atoms with E-state index in [9.17, 15) is 0 Å². The van der Waals surface area contributed by atoms with Gasteiger partial charge in [0.05, 0.1) is 12.1 Å². The summed E-state index contributed by atoms with van der Waals surface area (Å²) in [5.74, 6) is 5.79. The van der Waals surface area contributed by atoms with Gasteiger partial charge in [0.2, 0.25) is 0 Å². The van der Waals surface area contributed by atoms with Gasteiger partial charge in [0.15, 0.2) is 0 Å². The van der Waals surface area contributed by atoms with Crippen molar-refractivity contribution in [1.29, 1.82) is 0 Å². The predicted octanol–water partition coefficient (Wildman–Crippen LogP) is 3.21. The normalized spacial score (nSPS) is 9.24. The molecule has 0 atom stereocenters. The highest BCUT2D eigenvalue weighted by Gasteiger charge is 2.01. The van der Waals surface area contributed by atoms with Crippen LogP contribution in [0.3, 0.4) is 0 Å². The van der Waals surface area contributed by atoms with Gasteiger partial charge in [0.25, 0.3) is 0 Å². The van der Waals surface area contributed by atoms with Gasteiger partial charge in [-0.1, -0.05) is 29.1 Å². The van der Waals surface area contributed by atoms with E-state index in [4.69, 9.17) is 5.53 Å². The van der Waals surface area contributed by atoms with Gasteiger partial charge in [-0.15, -0.1) is 0 Å². The van der Waals surface area contributed by atoms with Gasteiger partial charge in [0, 0.05) is 22.1 Å². The van der Waals surface area contributed by atoms with Gasteiger partial charge < -0.3 is 0 Å². The van der Waals surface area contributed by atoms with E-state index in [2.05, 4.69) is 26.9 Å². The van der Waals surface area contributed by atoms with Gasteiger partial charge in [-0.2, -0.15) is 0 Å². The molecule has 4 heteroatoms. The minimum Gasteiger partial charge on any atom is -0.256 e. The fraction of sp³-hybridized carbons (Fsp3) is 0.154. The Balaban J connectivity index is 2.44. The average molecular weight is 222 g/mol. The van der Waals surface area contributed by atoms with Crippen molar-refractivity contribution in [2.45, 2.75) is 6.92 Å². The van der Waals surface area contributed by atoms with Gasteiger partial charge in [-0.25, -0.2) is 0 Å². The van der Waals surface area contributed by atoms with E-state index in [1.807, 2.05) is 31.2 Å². The number of fused-ring (bicyclic) bond motifs is 1. The van der Waals surface area contributed by atoms with Crippen LogP contribution in [0, 0.1) is 18.8 Å². The number of aryl methyl sites for hydroxylation is 1. The Kier molecular flexibility index (Phi) is 3.25. The summed E-state index contributed by atoms with van der Waals surface area (Å²) < 4.78 is 0. The van der Waals surface area contributed by atoms with Crippen LogP contribution in [-0.2, 0) is 0 Å². The van der Waals surface area contributed by atoms with Crippen molar-refractivity contribution in [3.63, 3.8) is 0 Å². The predicted molar refractivity (Wildman–Crippen MR) is 67.4 cm³/mol. The number of pyridine rings is 1. The Labute approximate surface area is 98.9 Å². The Bertz CT molecular complexity index is 658. The molecule has 0 fully saturated rings. The number of aromatic nitrogens is 1. The van der Waals surface area contributed by atoms with E-state index < -0.39 is 0 Å². The molecule has 0 saturated heterocycles. The lowest BCUT2D eigenvalue weighted by Gasteiger charge is -2.02. The molecular weight excluding hydrogens is 212 g/mol. The van der Waals surface area contributed by atoms with Gasteiger partial charge in [-0.05, 0) is 30.2 Å². The molecule has 0 bridgehead atoms. The smallest absolute Gasteiger partial charge is 0.0880 e. The van der Waals surface area contributed by atoms with Crippen LogP contribution in [0.25, 0.3) is 21.3 Å². The van der Waals surface area contributed by atoms with E-state index in [1.165, 1.54) is 0 Å². The summed E-state index contributed by atoms with van der Waals surface area (Å²) in [6, 6.07) is 7.89. The van der Waals surface area contributed by atoms with E-state index in [0.29, 0.717) is 0 Å². The van der Waals surface area contributed by atoms with Crippen LogP contribution < -0.4 is 0 Å². The molecule has 2 rings (SSSR count). The lowest BCUT2D eigenvalue weighted by Crippen LogP contribution is -1.87. The lowest BCUT2D eigenvalue weighted by atomic mass is 10.0. The van der Waals surface area contributed by atoms with Crippen LogP contribution in [0.2, 0.25) is 0 Å². The Morgan fingerprint density at radius 2 is 2.29 bits per heavy atom. The molecule has 2 aromatic rings. The minimum absolute atomic E-state index is 0.191. The number of hydrogen-bond donors (Lipinski definition) is 0. The Morgan fingerprint density at radius 1 is 1.41 bits per heavy atom. The van der Waals surface area contributed by atoms with Crippen molar-refractivity contribution in [3.05, 3.63) is 52.0 Å². The summed E-state index contributed by atoms with van der Waals surface area (Å²) in [7, 11) is 0. The molecule has 0 aliphatic rings. The maximum atomic E-state index is 8.14. The second kappa shape index (κ2) is 5.02. The monoisotopic (exact) mass is 222 g/mol. The van der Waals surface area contributed by atoms with Crippen molar-refractivity contribution in [1.82, 2.24) is 4.98 Å². The third-order valence-electron chi connectivity index (χ3n) is 2.46. The zero-order valence-electron chi connectivity index (χ0n) is 9.38. The Hall–Kier alpha value is -2.50. The molecule has 4 nitrogen and oxygen atoms in total. The third-order valence-corrected chi connectivity index (χ3v) is 2.46. The SMILES string of the molecule is Cc1c(C#CCN=[N+]=[N-])ccc2cccnc12. The molecule has 0 radical (unpaired) electrons. The molecule has 0 saturated carbocycles. The van der Waals surface area contributed by atoms with E-state index in [1.54, 1.807) is 6.20 Å². The molecule has 1 heterocycles. The van der Waals surface area contributed by atoms with Crippen LogP contribution in [-0.4, -0.2) is 11.5 Å². The highest BCUT2D eigenvalue weighted by Crippen LogP contribution is 2.18. The molecule has 0 spiro atoms. The fourth-order valence-electron chi connectivity index (χ4n) is 1.63. The third kappa shape index (κ3) is 2.36. The summed E-state index contributed by atoms with van der Waals surface area (Å²) in [6.45, 7) is 2.18. The molecule has 17 heavy (non-hydrogen) atoms. The van der Waals surface area contributed by atoms with Crippen molar-refractivity contribution >= 4 is 10.9 Å². The summed E-state index contributed by atoms with van der Waals surface area (Å²) in [4.78, 5) is 6.99. The molecular formula is C13H10N4. The molecule has 1 aromatic carbocycles. The topological polar surface area (TPSA) is 61.7 Å². The molecule has 0 N–H and O–H groups in total. The zero-order valence-corrected chi connectivity index (χ0v) is 9.38. The van der Waals surface area contributed by atoms with Gasteiger partial charge in [0.1, 0.15) is 0 Å².